The molecule has 1 aliphatic heterocycles. The van der Waals surface area contributed by atoms with E-state index in [0.717, 1.165) is 22.4 Å². The lowest BCUT2D eigenvalue weighted by molar-refractivity contribution is -0.138. The Labute approximate surface area is 185 Å². The van der Waals surface area contributed by atoms with E-state index in [9.17, 15) is 14.0 Å². The molecule has 0 spiro atoms. The number of amides is 2. The van der Waals surface area contributed by atoms with Crippen LogP contribution >= 0.6 is 11.3 Å². The summed E-state index contributed by atoms with van der Waals surface area (Å²) in [6.45, 7) is 0.664. The molecule has 2 atom stereocenters. The molecule has 4 nitrogen and oxygen atoms in total. The Morgan fingerprint density at radius 3 is 2.61 bits per heavy atom. The van der Waals surface area contributed by atoms with Gasteiger partial charge in [-0.15, -0.1) is 11.3 Å². The highest BCUT2D eigenvalue weighted by Gasteiger charge is 2.35. The number of nitrogens with one attached hydrogen (secondary N) is 1. The zero-order valence-corrected chi connectivity index (χ0v) is 18.0. The van der Waals surface area contributed by atoms with Crippen LogP contribution in [0.4, 0.5) is 4.39 Å². The normalized spacial score (nSPS) is 18.5. The van der Waals surface area contributed by atoms with Gasteiger partial charge in [-0.25, -0.2) is 4.39 Å². The van der Waals surface area contributed by atoms with Crippen molar-refractivity contribution in [2.24, 2.45) is 5.92 Å². The van der Waals surface area contributed by atoms with Crippen LogP contribution in [-0.2, 0) is 22.6 Å². The van der Waals surface area contributed by atoms with Crippen LogP contribution in [-0.4, -0.2) is 23.3 Å². The molecule has 6 heteroatoms. The molecule has 0 bridgehead atoms. The largest absolute Gasteiger partial charge is 0.352 e. The first kappa shape index (κ1) is 21.2. The van der Waals surface area contributed by atoms with E-state index in [-0.39, 0.29) is 36.1 Å². The summed E-state index contributed by atoms with van der Waals surface area (Å²) in [5, 5.41) is 4.88. The van der Waals surface area contributed by atoms with Gasteiger partial charge < -0.3 is 10.2 Å². The molecule has 1 saturated heterocycles. The Morgan fingerprint density at radius 2 is 1.87 bits per heavy atom. The third-order valence-corrected chi connectivity index (χ3v) is 6.60. The Hall–Kier alpha value is -2.99. The van der Waals surface area contributed by atoms with Crippen LogP contribution in [0.1, 0.15) is 34.9 Å². The maximum absolute atomic E-state index is 13.4. The Bertz CT molecular complexity index is 1020. The number of hydrogen-bond acceptors (Lipinski definition) is 3. The third kappa shape index (κ3) is 5.39. The maximum Gasteiger partial charge on any atom is 0.228 e. The summed E-state index contributed by atoms with van der Waals surface area (Å²) in [6, 6.07) is 20.1. The lowest BCUT2D eigenvalue weighted by Crippen LogP contribution is -2.47. The highest BCUT2D eigenvalue weighted by Crippen LogP contribution is 2.34. The molecule has 4 rings (SSSR count). The molecule has 0 saturated carbocycles. The predicted octanol–water partition coefficient (Wildman–Crippen LogP) is 4.73. The average Bonchev–Trinajstić information content (AvgIpc) is 3.31. The topological polar surface area (TPSA) is 49.4 Å². The predicted molar refractivity (Wildman–Crippen MR) is 120 cm³/mol. The minimum Gasteiger partial charge on any atom is -0.352 e. The van der Waals surface area contributed by atoms with Gasteiger partial charge in [0.2, 0.25) is 11.8 Å². The number of piperidine rings is 1. The summed E-state index contributed by atoms with van der Waals surface area (Å²) in [4.78, 5) is 28.9. The number of rotatable bonds is 6. The van der Waals surface area contributed by atoms with Gasteiger partial charge in [0.25, 0.3) is 0 Å². The molecular formula is C25H25FN2O2S. The third-order valence-electron chi connectivity index (χ3n) is 5.72. The summed E-state index contributed by atoms with van der Waals surface area (Å²) >= 11 is 1.57. The van der Waals surface area contributed by atoms with Crippen molar-refractivity contribution in [2.75, 3.05) is 6.54 Å². The van der Waals surface area contributed by atoms with Crippen molar-refractivity contribution in [1.29, 1.82) is 0 Å². The van der Waals surface area contributed by atoms with Gasteiger partial charge in [-0.3, -0.25) is 9.59 Å². The lowest BCUT2D eigenvalue weighted by Gasteiger charge is -2.39. The van der Waals surface area contributed by atoms with Gasteiger partial charge in [-0.05, 0) is 47.5 Å². The first-order valence-corrected chi connectivity index (χ1v) is 11.4. The number of carbonyl (C=O) groups is 2. The van der Waals surface area contributed by atoms with Crippen molar-refractivity contribution in [3.05, 3.63) is 93.9 Å². The van der Waals surface area contributed by atoms with Gasteiger partial charge in [0.1, 0.15) is 5.82 Å². The van der Waals surface area contributed by atoms with Crippen molar-refractivity contribution in [3.8, 4) is 0 Å². The van der Waals surface area contributed by atoms with E-state index >= 15 is 0 Å². The molecule has 1 fully saturated rings. The highest BCUT2D eigenvalue weighted by atomic mass is 32.1. The number of carbonyl (C=O) groups excluding carboxylic acids is 2. The van der Waals surface area contributed by atoms with Gasteiger partial charge in [-0.1, -0.05) is 48.5 Å². The molecule has 0 aliphatic carbocycles. The number of hydrogen-bond donors (Lipinski definition) is 1. The van der Waals surface area contributed by atoms with Crippen LogP contribution in [0.3, 0.4) is 0 Å². The molecule has 0 radical (unpaired) electrons. The number of nitrogens with zero attached hydrogens (tertiary/aromatic N) is 1. The average molecular weight is 437 g/mol. The van der Waals surface area contributed by atoms with Crippen molar-refractivity contribution < 1.29 is 14.0 Å². The second-order valence-corrected chi connectivity index (χ2v) is 8.88. The zero-order valence-electron chi connectivity index (χ0n) is 17.2. The Morgan fingerprint density at radius 1 is 1.03 bits per heavy atom. The van der Waals surface area contributed by atoms with E-state index < -0.39 is 0 Å². The summed E-state index contributed by atoms with van der Waals surface area (Å²) in [5.41, 5.74) is 1.82. The van der Waals surface area contributed by atoms with Crippen molar-refractivity contribution in [3.63, 3.8) is 0 Å². The molecule has 31 heavy (non-hydrogen) atoms. The van der Waals surface area contributed by atoms with E-state index in [1.807, 2.05) is 52.7 Å². The first-order valence-electron chi connectivity index (χ1n) is 10.5. The summed E-state index contributed by atoms with van der Waals surface area (Å²) in [5.74, 6) is -0.648. The van der Waals surface area contributed by atoms with Crippen molar-refractivity contribution in [2.45, 2.75) is 31.8 Å². The van der Waals surface area contributed by atoms with E-state index in [0.29, 0.717) is 19.4 Å². The fraction of sp³-hybridized carbons (Fsp3) is 0.280. The van der Waals surface area contributed by atoms with Crippen LogP contribution in [0.15, 0.2) is 72.1 Å². The summed E-state index contributed by atoms with van der Waals surface area (Å²) < 4.78 is 13.4. The zero-order chi connectivity index (χ0) is 21.6. The molecule has 0 unspecified atom stereocenters. The minimum atomic E-state index is -0.319. The van der Waals surface area contributed by atoms with E-state index in [1.54, 1.807) is 23.5 Å². The molecule has 1 aromatic heterocycles. The molecule has 1 N–H and O–H groups in total. The maximum atomic E-state index is 13.4. The summed E-state index contributed by atoms with van der Waals surface area (Å²) in [7, 11) is 0. The van der Waals surface area contributed by atoms with Gasteiger partial charge >= 0.3 is 0 Å². The SMILES string of the molecule is O=C(NCc1cccc(F)c1)[C@@H]1CC[C@H](c2ccccc2)N(C(=O)Cc2cccs2)C1. The molecule has 160 valence electrons. The second kappa shape index (κ2) is 9.88. The molecule has 3 aromatic rings. The van der Waals surface area contributed by atoms with Crippen LogP contribution in [0.5, 0.6) is 0 Å². The Balaban J connectivity index is 1.46. The number of thiophene rings is 1. The number of benzene rings is 2. The first-order chi connectivity index (χ1) is 15.1. The van der Waals surface area contributed by atoms with Crippen LogP contribution < -0.4 is 5.32 Å². The minimum absolute atomic E-state index is 0.0269. The van der Waals surface area contributed by atoms with Gasteiger partial charge in [0.05, 0.1) is 18.4 Å². The monoisotopic (exact) mass is 436 g/mol. The fourth-order valence-corrected chi connectivity index (χ4v) is 4.82. The summed E-state index contributed by atoms with van der Waals surface area (Å²) in [6.07, 6.45) is 1.79. The smallest absolute Gasteiger partial charge is 0.228 e. The molecule has 2 amide bonds. The van der Waals surface area contributed by atoms with E-state index in [1.165, 1.54) is 12.1 Å². The van der Waals surface area contributed by atoms with Crippen LogP contribution in [0.25, 0.3) is 0 Å². The lowest BCUT2D eigenvalue weighted by atomic mass is 9.88. The number of likely N-dealkylation sites (tertiary alicyclic amines) is 1. The number of halogens is 1. The molecule has 2 aromatic carbocycles. The highest BCUT2D eigenvalue weighted by molar-refractivity contribution is 7.10. The quantitative estimate of drug-likeness (QED) is 0.608. The second-order valence-electron chi connectivity index (χ2n) is 7.85. The van der Waals surface area contributed by atoms with Crippen LogP contribution in [0.2, 0.25) is 0 Å². The van der Waals surface area contributed by atoms with Gasteiger partial charge in [0.15, 0.2) is 0 Å². The van der Waals surface area contributed by atoms with E-state index in [2.05, 4.69) is 5.32 Å². The van der Waals surface area contributed by atoms with Crippen LogP contribution in [0, 0.1) is 11.7 Å². The van der Waals surface area contributed by atoms with Gasteiger partial charge in [-0.2, -0.15) is 0 Å². The van der Waals surface area contributed by atoms with Crippen molar-refractivity contribution >= 4 is 23.2 Å². The molecular weight excluding hydrogens is 411 g/mol. The Kier molecular flexibility index (Phi) is 6.77. The van der Waals surface area contributed by atoms with Gasteiger partial charge in [0, 0.05) is 18.0 Å². The fourth-order valence-electron chi connectivity index (χ4n) is 4.13. The molecule has 1 aliphatic rings. The standard InChI is InChI=1S/C25H25FN2O2S/c26-21-9-4-6-18(14-21)16-27-25(30)20-11-12-23(19-7-2-1-3-8-19)28(17-20)24(29)15-22-10-5-13-31-22/h1-10,13-14,20,23H,11-12,15-17H2,(H,27,30)/t20-,23-/m1/s1. The van der Waals surface area contributed by atoms with Crippen molar-refractivity contribution in [1.82, 2.24) is 10.2 Å². The van der Waals surface area contributed by atoms with E-state index in [4.69, 9.17) is 0 Å². The molecule has 2 heterocycles.